The second-order valence-electron chi connectivity index (χ2n) is 4.73. The zero-order valence-corrected chi connectivity index (χ0v) is 11.9. The van der Waals surface area contributed by atoms with Gasteiger partial charge < -0.3 is 14.8 Å². The van der Waals surface area contributed by atoms with E-state index in [0.717, 1.165) is 0 Å². The fourth-order valence-corrected chi connectivity index (χ4v) is 2.08. The Hall–Kier alpha value is -2.56. The van der Waals surface area contributed by atoms with Crippen LogP contribution in [0.25, 0.3) is 0 Å². The van der Waals surface area contributed by atoms with Gasteiger partial charge in [-0.1, -0.05) is 37.3 Å². The van der Waals surface area contributed by atoms with Crippen LogP contribution < -0.4 is 5.32 Å². The van der Waals surface area contributed by atoms with E-state index in [1.165, 1.54) is 0 Å². The van der Waals surface area contributed by atoms with Crippen molar-refractivity contribution in [1.82, 2.24) is 5.32 Å². The highest BCUT2D eigenvalue weighted by Crippen LogP contribution is 2.18. The Morgan fingerprint density at radius 1 is 1.29 bits per heavy atom. The third-order valence-corrected chi connectivity index (χ3v) is 3.18. The van der Waals surface area contributed by atoms with Crippen LogP contribution in [-0.4, -0.2) is 17.0 Å². The highest BCUT2D eigenvalue weighted by atomic mass is 16.4. The number of amides is 1. The molecule has 1 aromatic carbocycles. The molecule has 5 nitrogen and oxygen atoms in total. The number of benzene rings is 1. The van der Waals surface area contributed by atoms with Gasteiger partial charge in [0.2, 0.25) is 0 Å². The molecule has 2 N–H and O–H groups in total. The second-order valence-corrected chi connectivity index (χ2v) is 4.73. The lowest BCUT2D eigenvalue weighted by Gasteiger charge is -2.14. The molecule has 1 amide bonds. The van der Waals surface area contributed by atoms with Crippen molar-refractivity contribution in [2.75, 3.05) is 0 Å². The van der Waals surface area contributed by atoms with Gasteiger partial charge in [-0.2, -0.15) is 0 Å². The predicted molar refractivity (Wildman–Crippen MR) is 77.1 cm³/mol. The summed E-state index contributed by atoms with van der Waals surface area (Å²) in [6.07, 6.45) is 0.676. The molecule has 1 aromatic heterocycles. The molecule has 0 bridgehead atoms. The maximum Gasteiger partial charge on any atom is 0.330 e. The minimum absolute atomic E-state index is 0.161. The van der Waals surface area contributed by atoms with E-state index in [0.29, 0.717) is 23.3 Å². The molecule has 0 fully saturated rings. The van der Waals surface area contributed by atoms with Crippen molar-refractivity contribution < 1.29 is 19.1 Å². The van der Waals surface area contributed by atoms with Gasteiger partial charge in [0.1, 0.15) is 5.76 Å². The van der Waals surface area contributed by atoms with Crippen molar-refractivity contribution in [3.05, 3.63) is 59.0 Å². The number of aliphatic carboxylic acids is 1. The summed E-state index contributed by atoms with van der Waals surface area (Å²) in [6.45, 7) is 3.68. The summed E-state index contributed by atoms with van der Waals surface area (Å²) < 4.78 is 5.44. The predicted octanol–water partition coefficient (Wildman–Crippen LogP) is 2.71. The molecule has 1 atom stereocenters. The van der Waals surface area contributed by atoms with Crippen LogP contribution in [0.4, 0.5) is 0 Å². The van der Waals surface area contributed by atoms with Crippen LogP contribution in [0.1, 0.15) is 40.4 Å². The van der Waals surface area contributed by atoms with Crippen molar-refractivity contribution >= 4 is 11.9 Å². The molecule has 0 radical (unpaired) electrons. The molecule has 2 rings (SSSR count). The van der Waals surface area contributed by atoms with Gasteiger partial charge in [-0.05, 0) is 18.6 Å². The van der Waals surface area contributed by atoms with Crippen LogP contribution in [0.2, 0.25) is 0 Å². The fraction of sp³-hybridized carbons (Fsp3) is 0.250. The zero-order chi connectivity index (χ0) is 15.4. The second kappa shape index (κ2) is 6.26. The van der Waals surface area contributed by atoms with Gasteiger partial charge in [-0.25, -0.2) is 4.79 Å². The first kappa shape index (κ1) is 14.8. The minimum atomic E-state index is -1.12. The van der Waals surface area contributed by atoms with Gasteiger partial charge in [-0.3, -0.25) is 4.79 Å². The summed E-state index contributed by atoms with van der Waals surface area (Å²) in [5, 5.41) is 11.8. The van der Waals surface area contributed by atoms with Crippen LogP contribution in [0, 0.1) is 6.92 Å². The lowest BCUT2D eigenvalue weighted by molar-refractivity contribution is -0.139. The maximum absolute atomic E-state index is 12.2. The van der Waals surface area contributed by atoms with E-state index >= 15 is 0 Å². The van der Waals surface area contributed by atoms with Crippen LogP contribution in [0.3, 0.4) is 0 Å². The molecular formula is C16H17NO4. The fourth-order valence-electron chi connectivity index (χ4n) is 2.08. The van der Waals surface area contributed by atoms with Crippen LogP contribution >= 0.6 is 0 Å². The minimum Gasteiger partial charge on any atom is -0.479 e. The number of carbonyl (C=O) groups excluding carboxylic acids is 1. The average Bonchev–Trinajstić information content (AvgIpc) is 2.86. The lowest BCUT2D eigenvalue weighted by Crippen LogP contribution is -2.33. The molecule has 0 spiro atoms. The molecule has 0 aliphatic carbocycles. The number of furan rings is 1. The zero-order valence-electron chi connectivity index (χ0n) is 11.9. The summed E-state index contributed by atoms with van der Waals surface area (Å²) in [6, 6.07) is 9.24. The van der Waals surface area contributed by atoms with Crippen molar-refractivity contribution in [2.45, 2.75) is 26.3 Å². The van der Waals surface area contributed by atoms with Crippen LogP contribution in [-0.2, 0) is 11.2 Å². The SMILES string of the molecule is CCc1cc(C)c(C(=O)N[C@@H](C(=O)O)c2ccccc2)o1. The van der Waals surface area contributed by atoms with Crippen molar-refractivity contribution in [3.8, 4) is 0 Å². The first-order valence-electron chi connectivity index (χ1n) is 6.70. The van der Waals surface area contributed by atoms with E-state index in [2.05, 4.69) is 5.32 Å². The quantitative estimate of drug-likeness (QED) is 0.886. The Morgan fingerprint density at radius 2 is 1.95 bits per heavy atom. The number of aryl methyl sites for hydroxylation is 2. The summed E-state index contributed by atoms with van der Waals surface area (Å²) in [5.41, 5.74) is 1.21. The first-order chi connectivity index (χ1) is 10.0. The molecule has 0 unspecified atom stereocenters. The topological polar surface area (TPSA) is 79.5 Å². The van der Waals surface area contributed by atoms with Crippen LogP contribution in [0.5, 0.6) is 0 Å². The largest absolute Gasteiger partial charge is 0.479 e. The molecule has 2 aromatic rings. The maximum atomic E-state index is 12.2. The third kappa shape index (κ3) is 3.31. The number of carboxylic acids is 1. The molecule has 1 heterocycles. The number of hydrogen-bond donors (Lipinski definition) is 2. The summed E-state index contributed by atoms with van der Waals surface area (Å²) in [4.78, 5) is 23.6. The molecular weight excluding hydrogens is 270 g/mol. The summed E-state index contributed by atoms with van der Waals surface area (Å²) in [7, 11) is 0. The van der Waals surface area contributed by atoms with Gasteiger partial charge in [0.15, 0.2) is 11.8 Å². The number of rotatable bonds is 5. The van der Waals surface area contributed by atoms with Crippen molar-refractivity contribution in [2.24, 2.45) is 0 Å². The highest BCUT2D eigenvalue weighted by Gasteiger charge is 2.25. The summed E-state index contributed by atoms with van der Waals surface area (Å²) >= 11 is 0. The van der Waals surface area contributed by atoms with E-state index in [1.54, 1.807) is 43.3 Å². The Balaban J connectivity index is 2.23. The molecule has 5 heteroatoms. The normalized spacial score (nSPS) is 11.9. The number of hydrogen-bond acceptors (Lipinski definition) is 3. The van der Waals surface area contributed by atoms with Gasteiger partial charge >= 0.3 is 5.97 Å². The Bertz CT molecular complexity index is 646. The van der Waals surface area contributed by atoms with Gasteiger partial charge in [0.05, 0.1) is 0 Å². The standard InChI is InChI=1S/C16H17NO4/c1-3-12-9-10(2)14(21-12)15(18)17-13(16(19)20)11-7-5-4-6-8-11/h4-9,13H,3H2,1-2H3,(H,17,18)(H,19,20)/t13-/m1/s1. The number of nitrogens with one attached hydrogen (secondary N) is 1. The molecule has 0 aliphatic heterocycles. The monoisotopic (exact) mass is 287 g/mol. The smallest absolute Gasteiger partial charge is 0.330 e. The average molecular weight is 287 g/mol. The van der Waals surface area contributed by atoms with E-state index in [-0.39, 0.29) is 5.76 Å². The third-order valence-electron chi connectivity index (χ3n) is 3.18. The molecule has 21 heavy (non-hydrogen) atoms. The summed E-state index contributed by atoms with van der Waals surface area (Å²) in [5.74, 6) is -0.781. The highest BCUT2D eigenvalue weighted by molar-refractivity contribution is 5.95. The van der Waals surface area contributed by atoms with Gasteiger partial charge in [0, 0.05) is 12.0 Å². The van der Waals surface area contributed by atoms with Crippen molar-refractivity contribution in [3.63, 3.8) is 0 Å². The van der Waals surface area contributed by atoms with E-state index < -0.39 is 17.9 Å². The molecule has 0 saturated heterocycles. The Morgan fingerprint density at radius 3 is 2.48 bits per heavy atom. The molecule has 110 valence electrons. The number of carbonyl (C=O) groups is 2. The first-order valence-corrected chi connectivity index (χ1v) is 6.70. The molecule has 0 saturated carbocycles. The van der Waals surface area contributed by atoms with Gasteiger partial charge in [0.25, 0.3) is 5.91 Å². The number of carboxylic acid groups (broad SMARTS) is 1. The van der Waals surface area contributed by atoms with Gasteiger partial charge in [-0.15, -0.1) is 0 Å². The molecule has 0 aliphatic rings. The van der Waals surface area contributed by atoms with E-state index in [4.69, 9.17) is 4.42 Å². The van der Waals surface area contributed by atoms with Crippen molar-refractivity contribution in [1.29, 1.82) is 0 Å². The Labute approximate surface area is 122 Å². The van der Waals surface area contributed by atoms with E-state index in [1.807, 2.05) is 6.92 Å². The Kier molecular flexibility index (Phi) is 4.42. The van der Waals surface area contributed by atoms with E-state index in [9.17, 15) is 14.7 Å². The lowest BCUT2D eigenvalue weighted by atomic mass is 10.1. The van der Waals surface area contributed by atoms with Crippen LogP contribution in [0.15, 0.2) is 40.8 Å².